The van der Waals surface area contributed by atoms with Crippen LogP contribution in [0.4, 0.5) is 0 Å². The first-order chi connectivity index (χ1) is 7.45. The first-order valence-electron chi connectivity index (χ1n) is 5.15. The third kappa shape index (κ3) is 1.37. The van der Waals surface area contributed by atoms with E-state index in [-0.39, 0.29) is 0 Å². The molecule has 0 atom stereocenters. The van der Waals surface area contributed by atoms with E-state index in [0.717, 1.165) is 12.1 Å². The van der Waals surface area contributed by atoms with Gasteiger partial charge in [-0.1, -0.05) is 36.4 Å². The van der Waals surface area contributed by atoms with E-state index in [9.17, 15) is 0 Å². The molecular weight excluding hydrogens is 182 g/mol. The number of hydrogen-bond donors (Lipinski definition) is 0. The van der Waals surface area contributed by atoms with E-state index >= 15 is 0 Å². The molecule has 0 unspecified atom stereocenters. The Bertz CT molecular complexity index is 512. The Morgan fingerprint density at radius 2 is 1.80 bits per heavy atom. The van der Waals surface area contributed by atoms with Crippen LogP contribution in [0.1, 0.15) is 16.8 Å². The lowest BCUT2D eigenvalue weighted by atomic mass is 10.0. The summed E-state index contributed by atoms with van der Waals surface area (Å²) in [5.74, 6) is 0. The van der Waals surface area contributed by atoms with Gasteiger partial charge >= 0.3 is 0 Å². The molecule has 1 aliphatic carbocycles. The molecule has 15 heavy (non-hydrogen) atoms. The molecule has 0 amide bonds. The number of hydrogen-bond acceptors (Lipinski definition) is 1. The maximum atomic E-state index is 4.39. The molecule has 0 N–H and O–H groups in total. The van der Waals surface area contributed by atoms with Crippen LogP contribution in [-0.4, -0.2) is 4.98 Å². The third-order valence-corrected chi connectivity index (χ3v) is 2.77. The number of rotatable bonds is 1. The fraction of sp³-hybridized carbons (Fsp3) is 0.0714. The summed E-state index contributed by atoms with van der Waals surface area (Å²) in [7, 11) is 0. The molecule has 1 heteroatoms. The van der Waals surface area contributed by atoms with Gasteiger partial charge < -0.3 is 0 Å². The second kappa shape index (κ2) is 3.35. The Morgan fingerprint density at radius 1 is 0.933 bits per heavy atom. The zero-order valence-electron chi connectivity index (χ0n) is 8.35. The summed E-state index contributed by atoms with van der Waals surface area (Å²) in [6.45, 7) is 0. The van der Waals surface area contributed by atoms with Crippen molar-refractivity contribution in [3.8, 4) is 0 Å². The third-order valence-electron chi connectivity index (χ3n) is 2.77. The van der Waals surface area contributed by atoms with Gasteiger partial charge in [0, 0.05) is 11.8 Å². The Balaban J connectivity index is 2.11. The Labute approximate surface area is 89.1 Å². The normalized spacial score (nSPS) is 13.5. The average Bonchev–Trinajstić information content (AvgIpc) is 2.74. The number of nitrogens with zero attached hydrogens (tertiary/aromatic N) is 1. The summed E-state index contributed by atoms with van der Waals surface area (Å²) in [6.07, 6.45) is 5.13. The van der Waals surface area contributed by atoms with Gasteiger partial charge in [0.15, 0.2) is 0 Å². The van der Waals surface area contributed by atoms with Gasteiger partial charge in [-0.15, -0.1) is 0 Å². The molecular formula is C14H11N. The molecule has 1 heterocycles. The minimum atomic E-state index is 1.03. The number of allylic oxidation sites excluding steroid dienone is 1. The molecule has 0 saturated heterocycles. The number of benzene rings is 1. The van der Waals surface area contributed by atoms with E-state index in [1.54, 1.807) is 0 Å². The Morgan fingerprint density at radius 3 is 2.67 bits per heavy atom. The van der Waals surface area contributed by atoms with Crippen molar-refractivity contribution in [2.24, 2.45) is 0 Å². The number of pyridine rings is 1. The van der Waals surface area contributed by atoms with Crippen LogP contribution in [0.2, 0.25) is 0 Å². The molecule has 1 aromatic carbocycles. The van der Waals surface area contributed by atoms with Crippen molar-refractivity contribution >= 4 is 5.57 Å². The topological polar surface area (TPSA) is 12.9 Å². The molecule has 1 nitrogen and oxygen atoms in total. The highest BCUT2D eigenvalue weighted by molar-refractivity contribution is 5.82. The fourth-order valence-electron chi connectivity index (χ4n) is 2.05. The molecule has 0 bridgehead atoms. The molecule has 3 rings (SSSR count). The molecule has 0 aliphatic heterocycles. The summed E-state index contributed by atoms with van der Waals surface area (Å²) in [6, 6.07) is 14.6. The van der Waals surface area contributed by atoms with Crippen molar-refractivity contribution in [1.29, 1.82) is 0 Å². The first kappa shape index (κ1) is 8.42. The second-order valence-corrected chi connectivity index (χ2v) is 3.69. The average molecular weight is 193 g/mol. The van der Waals surface area contributed by atoms with Gasteiger partial charge in [0.25, 0.3) is 0 Å². The SMILES string of the molecule is C1=C(c2ccccn2)c2ccccc2C1. The highest BCUT2D eigenvalue weighted by Gasteiger charge is 2.14. The predicted molar refractivity (Wildman–Crippen MR) is 61.5 cm³/mol. The lowest BCUT2D eigenvalue weighted by Crippen LogP contribution is -1.88. The number of aromatic nitrogens is 1. The van der Waals surface area contributed by atoms with Crippen molar-refractivity contribution in [3.63, 3.8) is 0 Å². The summed E-state index contributed by atoms with van der Waals surface area (Å²) < 4.78 is 0. The predicted octanol–water partition coefficient (Wildman–Crippen LogP) is 3.07. The van der Waals surface area contributed by atoms with Crippen molar-refractivity contribution in [3.05, 3.63) is 71.6 Å². The van der Waals surface area contributed by atoms with E-state index in [2.05, 4.69) is 41.4 Å². The molecule has 2 aromatic rings. The van der Waals surface area contributed by atoms with Gasteiger partial charge in [0.05, 0.1) is 5.69 Å². The summed E-state index contributed by atoms with van der Waals surface area (Å²) >= 11 is 0. The molecule has 0 radical (unpaired) electrons. The van der Waals surface area contributed by atoms with Crippen molar-refractivity contribution in [2.75, 3.05) is 0 Å². The minimum Gasteiger partial charge on any atom is -0.256 e. The summed E-state index contributed by atoms with van der Waals surface area (Å²) in [4.78, 5) is 4.39. The van der Waals surface area contributed by atoms with Crippen LogP contribution >= 0.6 is 0 Å². The highest BCUT2D eigenvalue weighted by Crippen LogP contribution is 2.30. The van der Waals surface area contributed by atoms with Gasteiger partial charge in [-0.25, -0.2) is 0 Å². The van der Waals surface area contributed by atoms with E-state index in [1.165, 1.54) is 16.7 Å². The maximum Gasteiger partial charge on any atom is 0.0704 e. The zero-order valence-corrected chi connectivity index (χ0v) is 8.35. The van der Waals surface area contributed by atoms with Gasteiger partial charge in [0.2, 0.25) is 0 Å². The molecule has 1 aromatic heterocycles. The van der Waals surface area contributed by atoms with Gasteiger partial charge in [-0.2, -0.15) is 0 Å². The van der Waals surface area contributed by atoms with E-state index in [1.807, 2.05) is 18.3 Å². The Kier molecular flexibility index (Phi) is 1.88. The number of fused-ring (bicyclic) bond motifs is 1. The molecule has 0 spiro atoms. The van der Waals surface area contributed by atoms with Gasteiger partial charge in [0.1, 0.15) is 0 Å². The summed E-state index contributed by atoms with van der Waals surface area (Å²) in [5, 5.41) is 0. The smallest absolute Gasteiger partial charge is 0.0704 e. The molecule has 1 aliphatic rings. The summed E-state index contributed by atoms with van der Waals surface area (Å²) in [5.41, 5.74) is 5.07. The van der Waals surface area contributed by atoms with Crippen LogP contribution in [0, 0.1) is 0 Å². The van der Waals surface area contributed by atoms with E-state index in [0.29, 0.717) is 0 Å². The molecule has 0 fully saturated rings. The van der Waals surface area contributed by atoms with Crippen LogP contribution in [0.15, 0.2) is 54.7 Å². The van der Waals surface area contributed by atoms with Crippen molar-refractivity contribution < 1.29 is 0 Å². The highest BCUT2D eigenvalue weighted by atomic mass is 14.7. The van der Waals surface area contributed by atoms with Crippen molar-refractivity contribution in [2.45, 2.75) is 6.42 Å². The van der Waals surface area contributed by atoms with E-state index in [4.69, 9.17) is 0 Å². The van der Waals surface area contributed by atoms with E-state index < -0.39 is 0 Å². The molecule has 0 saturated carbocycles. The van der Waals surface area contributed by atoms with Crippen LogP contribution in [0.5, 0.6) is 0 Å². The van der Waals surface area contributed by atoms with Crippen LogP contribution in [-0.2, 0) is 6.42 Å². The van der Waals surface area contributed by atoms with Gasteiger partial charge in [-0.3, -0.25) is 4.98 Å². The second-order valence-electron chi connectivity index (χ2n) is 3.69. The zero-order chi connectivity index (χ0) is 10.1. The van der Waals surface area contributed by atoms with Crippen LogP contribution < -0.4 is 0 Å². The van der Waals surface area contributed by atoms with Crippen LogP contribution in [0.25, 0.3) is 5.57 Å². The largest absolute Gasteiger partial charge is 0.256 e. The maximum absolute atomic E-state index is 4.39. The monoisotopic (exact) mass is 193 g/mol. The van der Waals surface area contributed by atoms with Crippen LogP contribution in [0.3, 0.4) is 0 Å². The minimum absolute atomic E-state index is 1.03. The molecule has 72 valence electrons. The quantitative estimate of drug-likeness (QED) is 0.678. The lowest BCUT2D eigenvalue weighted by molar-refractivity contribution is 1.28. The van der Waals surface area contributed by atoms with Gasteiger partial charge in [-0.05, 0) is 29.7 Å². The Hall–Kier alpha value is -1.89. The fourth-order valence-corrected chi connectivity index (χ4v) is 2.05. The standard InChI is InChI=1S/C14H11N/c1-2-6-12-11(5-1)8-9-13(12)14-7-3-4-10-15-14/h1-7,9-10H,8H2. The van der Waals surface area contributed by atoms with Crippen molar-refractivity contribution in [1.82, 2.24) is 4.98 Å². The first-order valence-corrected chi connectivity index (χ1v) is 5.15. The lowest BCUT2D eigenvalue weighted by Gasteiger charge is -2.04.